The van der Waals surface area contributed by atoms with Crippen molar-refractivity contribution in [1.29, 1.82) is 5.26 Å². The van der Waals surface area contributed by atoms with Crippen LogP contribution in [0.2, 0.25) is 0 Å². The summed E-state index contributed by atoms with van der Waals surface area (Å²) in [6.07, 6.45) is 3.93. The van der Waals surface area contributed by atoms with Gasteiger partial charge in [0, 0.05) is 18.8 Å². The molecule has 112 valence electrons. The number of nitrogens with one attached hydrogen (secondary N) is 1. The van der Waals surface area contributed by atoms with Crippen LogP contribution in [0.1, 0.15) is 25.3 Å². The first-order valence-corrected chi connectivity index (χ1v) is 7.46. The summed E-state index contributed by atoms with van der Waals surface area (Å²) in [5.41, 5.74) is 1.51. The van der Waals surface area contributed by atoms with E-state index in [1.165, 1.54) is 0 Å². The van der Waals surface area contributed by atoms with E-state index in [-0.39, 0.29) is 0 Å². The lowest BCUT2D eigenvalue weighted by molar-refractivity contribution is 0.433. The van der Waals surface area contributed by atoms with Crippen LogP contribution < -0.4 is 10.2 Å². The average molecular weight is 294 g/mol. The van der Waals surface area contributed by atoms with Gasteiger partial charge >= 0.3 is 0 Å². The van der Waals surface area contributed by atoms with E-state index in [2.05, 4.69) is 38.4 Å². The Bertz CT molecular complexity index is 668. The number of hydrogen-bond acceptors (Lipinski definition) is 6. The molecular formula is C16H18N6. The fourth-order valence-corrected chi connectivity index (χ4v) is 2.47. The summed E-state index contributed by atoms with van der Waals surface area (Å²) in [6.45, 7) is 4.23. The molecule has 1 aliphatic rings. The van der Waals surface area contributed by atoms with E-state index in [4.69, 9.17) is 5.26 Å². The summed E-state index contributed by atoms with van der Waals surface area (Å²) >= 11 is 0. The van der Waals surface area contributed by atoms with Gasteiger partial charge in [-0.15, -0.1) is 5.10 Å². The Labute approximate surface area is 129 Å². The highest BCUT2D eigenvalue weighted by Crippen LogP contribution is 2.21. The summed E-state index contributed by atoms with van der Waals surface area (Å²) < 4.78 is 0. The van der Waals surface area contributed by atoms with Crippen LogP contribution >= 0.6 is 0 Å². The van der Waals surface area contributed by atoms with Gasteiger partial charge in [0.2, 0.25) is 5.95 Å². The summed E-state index contributed by atoms with van der Waals surface area (Å²) in [6, 6.07) is 9.34. The zero-order valence-corrected chi connectivity index (χ0v) is 12.5. The van der Waals surface area contributed by atoms with Crippen molar-refractivity contribution in [2.24, 2.45) is 5.92 Å². The van der Waals surface area contributed by atoms with E-state index in [0.717, 1.165) is 37.5 Å². The van der Waals surface area contributed by atoms with Gasteiger partial charge in [0.15, 0.2) is 5.82 Å². The van der Waals surface area contributed by atoms with Gasteiger partial charge in [0.25, 0.3) is 0 Å². The van der Waals surface area contributed by atoms with Crippen molar-refractivity contribution in [3.8, 4) is 6.07 Å². The second kappa shape index (κ2) is 6.39. The second-order valence-electron chi connectivity index (χ2n) is 5.63. The number of hydrogen-bond donors (Lipinski definition) is 1. The first-order chi connectivity index (χ1) is 10.7. The zero-order valence-electron chi connectivity index (χ0n) is 12.5. The summed E-state index contributed by atoms with van der Waals surface area (Å²) in [5, 5.41) is 20.2. The number of nitriles is 1. The lowest BCUT2D eigenvalue weighted by Gasteiger charge is -2.29. The van der Waals surface area contributed by atoms with Crippen LogP contribution in [-0.4, -0.2) is 28.3 Å². The molecule has 1 saturated heterocycles. The van der Waals surface area contributed by atoms with Gasteiger partial charge in [-0.1, -0.05) is 6.92 Å². The molecule has 6 heteroatoms. The predicted octanol–water partition coefficient (Wildman–Crippen LogP) is 2.72. The monoisotopic (exact) mass is 294 g/mol. The van der Waals surface area contributed by atoms with Crippen molar-refractivity contribution in [3.05, 3.63) is 36.0 Å². The molecule has 1 fully saturated rings. The minimum Gasteiger partial charge on any atom is -0.339 e. The molecule has 2 heterocycles. The van der Waals surface area contributed by atoms with Crippen molar-refractivity contribution >= 4 is 17.5 Å². The predicted molar refractivity (Wildman–Crippen MR) is 84.9 cm³/mol. The molecule has 0 radical (unpaired) electrons. The van der Waals surface area contributed by atoms with E-state index in [1.54, 1.807) is 18.3 Å². The Hall–Kier alpha value is -2.68. The third kappa shape index (κ3) is 3.31. The molecule has 0 amide bonds. The first kappa shape index (κ1) is 14.3. The summed E-state index contributed by atoms with van der Waals surface area (Å²) in [4.78, 5) is 6.71. The van der Waals surface area contributed by atoms with Crippen molar-refractivity contribution in [2.75, 3.05) is 23.3 Å². The number of piperidine rings is 1. The molecule has 0 unspecified atom stereocenters. The highest BCUT2D eigenvalue weighted by atomic mass is 15.3. The highest BCUT2D eigenvalue weighted by Gasteiger charge is 2.18. The number of nitrogens with zero attached hydrogens (tertiary/aromatic N) is 5. The lowest BCUT2D eigenvalue weighted by Crippen LogP contribution is -2.34. The van der Waals surface area contributed by atoms with E-state index in [1.807, 2.05) is 12.1 Å². The minimum atomic E-state index is 0.634. The lowest BCUT2D eigenvalue weighted by atomic mass is 10.00. The molecule has 2 aromatic rings. The van der Waals surface area contributed by atoms with Gasteiger partial charge in [0.1, 0.15) is 0 Å². The third-order valence-electron chi connectivity index (χ3n) is 3.90. The van der Waals surface area contributed by atoms with Gasteiger partial charge in [-0.05, 0) is 43.0 Å². The Balaban J connectivity index is 1.72. The fraction of sp³-hybridized carbons (Fsp3) is 0.375. The number of rotatable bonds is 3. The van der Waals surface area contributed by atoms with E-state index < -0.39 is 0 Å². The first-order valence-electron chi connectivity index (χ1n) is 7.46. The smallest absolute Gasteiger partial charge is 0.247 e. The van der Waals surface area contributed by atoms with Gasteiger partial charge in [-0.2, -0.15) is 15.3 Å². The zero-order chi connectivity index (χ0) is 15.4. The maximum absolute atomic E-state index is 8.81. The maximum Gasteiger partial charge on any atom is 0.247 e. The highest BCUT2D eigenvalue weighted by molar-refractivity contribution is 5.57. The Morgan fingerprint density at radius 1 is 1.23 bits per heavy atom. The van der Waals surface area contributed by atoms with Gasteiger partial charge < -0.3 is 10.2 Å². The van der Waals surface area contributed by atoms with Crippen molar-refractivity contribution < 1.29 is 0 Å². The molecule has 1 aliphatic heterocycles. The molecule has 1 aromatic carbocycles. The van der Waals surface area contributed by atoms with Crippen LogP contribution in [0.15, 0.2) is 30.5 Å². The van der Waals surface area contributed by atoms with E-state index in [0.29, 0.717) is 17.3 Å². The van der Waals surface area contributed by atoms with Crippen molar-refractivity contribution in [2.45, 2.75) is 19.8 Å². The van der Waals surface area contributed by atoms with Crippen LogP contribution in [-0.2, 0) is 0 Å². The molecule has 3 rings (SSSR count). The largest absolute Gasteiger partial charge is 0.339 e. The molecule has 0 atom stereocenters. The Morgan fingerprint density at radius 2 is 1.95 bits per heavy atom. The molecule has 0 saturated carbocycles. The topological polar surface area (TPSA) is 77.7 Å². The van der Waals surface area contributed by atoms with Crippen LogP contribution in [0.25, 0.3) is 0 Å². The second-order valence-corrected chi connectivity index (χ2v) is 5.63. The number of benzene rings is 1. The van der Waals surface area contributed by atoms with Crippen molar-refractivity contribution in [3.63, 3.8) is 0 Å². The van der Waals surface area contributed by atoms with Crippen LogP contribution in [0, 0.1) is 17.2 Å². The fourth-order valence-electron chi connectivity index (χ4n) is 2.47. The molecule has 1 N–H and O–H groups in total. The van der Waals surface area contributed by atoms with Gasteiger partial charge in [-0.25, -0.2) is 0 Å². The minimum absolute atomic E-state index is 0.634. The molecular weight excluding hydrogens is 276 g/mol. The Morgan fingerprint density at radius 3 is 2.64 bits per heavy atom. The Kier molecular flexibility index (Phi) is 4.15. The normalized spacial score (nSPS) is 15.4. The molecule has 0 bridgehead atoms. The number of anilines is 3. The molecule has 22 heavy (non-hydrogen) atoms. The summed E-state index contributed by atoms with van der Waals surface area (Å²) in [5.74, 6) is 2.10. The van der Waals surface area contributed by atoms with Crippen LogP contribution in [0.4, 0.5) is 17.5 Å². The number of aromatic nitrogens is 3. The maximum atomic E-state index is 8.81. The summed E-state index contributed by atoms with van der Waals surface area (Å²) in [7, 11) is 0. The van der Waals surface area contributed by atoms with Gasteiger partial charge in [0.05, 0.1) is 17.8 Å². The molecule has 0 spiro atoms. The quantitative estimate of drug-likeness (QED) is 0.937. The molecule has 1 aromatic heterocycles. The standard InChI is InChI=1S/C16H18N6/c1-12-6-8-22(9-7-12)16-20-15(11-18-21-16)19-14-4-2-13(10-17)3-5-14/h2-5,11-12H,6-9H2,1H3,(H,19,20,21). The van der Waals surface area contributed by atoms with Gasteiger partial charge in [-0.3, -0.25) is 0 Å². The van der Waals surface area contributed by atoms with E-state index >= 15 is 0 Å². The van der Waals surface area contributed by atoms with Crippen LogP contribution in [0.5, 0.6) is 0 Å². The average Bonchev–Trinajstić information content (AvgIpc) is 2.56. The van der Waals surface area contributed by atoms with Crippen molar-refractivity contribution in [1.82, 2.24) is 15.2 Å². The van der Waals surface area contributed by atoms with Crippen LogP contribution in [0.3, 0.4) is 0 Å². The van der Waals surface area contributed by atoms with E-state index in [9.17, 15) is 0 Å². The molecule has 6 nitrogen and oxygen atoms in total. The third-order valence-corrected chi connectivity index (χ3v) is 3.90. The molecule has 0 aliphatic carbocycles. The SMILES string of the molecule is CC1CCN(c2nncc(Nc3ccc(C#N)cc3)n2)CC1.